The highest BCUT2D eigenvalue weighted by atomic mass is 35.5. The Hall–Kier alpha value is -3.26. The lowest BCUT2D eigenvalue weighted by Gasteiger charge is -2.11. The number of benzene rings is 2. The van der Waals surface area contributed by atoms with Crippen LogP contribution in [0.1, 0.15) is 11.1 Å². The van der Waals surface area contributed by atoms with Crippen LogP contribution in [0.4, 0.5) is 21.7 Å². The van der Waals surface area contributed by atoms with E-state index in [1.54, 1.807) is 24.3 Å². The number of rotatable bonds is 7. The molecule has 0 fully saturated rings. The fraction of sp³-hybridized carbons (Fsp3) is 0.111. The second-order valence-electron chi connectivity index (χ2n) is 5.60. The van der Waals surface area contributed by atoms with E-state index in [4.69, 9.17) is 11.6 Å². The van der Waals surface area contributed by atoms with Gasteiger partial charge in [0, 0.05) is 18.1 Å². The molecule has 0 saturated carbocycles. The van der Waals surface area contributed by atoms with Crippen molar-refractivity contribution in [1.29, 1.82) is 0 Å². The van der Waals surface area contributed by atoms with Gasteiger partial charge in [0.1, 0.15) is 12.1 Å². The molecule has 2 N–H and O–H groups in total. The number of hydrogen-bond donors (Lipinski definition) is 2. The van der Waals surface area contributed by atoms with Crippen LogP contribution in [0.3, 0.4) is 0 Å². The third kappa shape index (κ3) is 4.68. The molecule has 0 atom stereocenters. The predicted octanol–water partition coefficient (Wildman–Crippen LogP) is 4.40. The SMILES string of the molecule is O=[N+]([O-])c1c(NCc2ccc(F)cc2)ncnc1NCc1ccccc1Cl. The van der Waals surface area contributed by atoms with Gasteiger partial charge in [-0.25, -0.2) is 14.4 Å². The fourth-order valence-electron chi connectivity index (χ4n) is 2.42. The van der Waals surface area contributed by atoms with E-state index in [0.717, 1.165) is 11.1 Å². The highest BCUT2D eigenvalue weighted by molar-refractivity contribution is 6.31. The first-order valence-electron chi connectivity index (χ1n) is 7.99. The molecule has 0 aliphatic rings. The standard InChI is InChI=1S/C18H15ClFN5O2/c19-15-4-2-1-3-13(15)10-22-18-16(25(26)27)17(23-11-24-18)21-9-12-5-7-14(20)8-6-12/h1-8,11H,9-10H2,(H2,21,22,23,24). The highest BCUT2D eigenvalue weighted by Crippen LogP contribution is 2.30. The largest absolute Gasteiger partial charge is 0.360 e. The molecule has 0 aliphatic carbocycles. The maximum atomic E-state index is 13.0. The van der Waals surface area contributed by atoms with Crippen molar-refractivity contribution >= 4 is 28.9 Å². The number of halogens is 2. The van der Waals surface area contributed by atoms with Crippen LogP contribution in [0.15, 0.2) is 54.9 Å². The van der Waals surface area contributed by atoms with Crippen molar-refractivity contribution in [3.8, 4) is 0 Å². The van der Waals surface area contributed by atoms with Gasteiger partial charge in [-0.05, 0) is 29.3 Å². The number of anilines is 2. The molecule has 1 aromatic heterocycles. The molecular weight excluding hydrogens is 373 g/mol. The van der Waals surface area contributed by atoms with E-state index in [1.807, 2.05) is 12.1 Å². The second kappa shape index (κ2) is 8.41. The van der Waals surface area contributed by atoms with Crippen LogP contribution in [0.25, 0.3) is 0 Å². The van der Waals surface area contributed by atoms with Gasteiger partial charge in [-0.15, -0.1) is 0 Å². The van der Waals surface area contributed by atoms with E-state index in [1.165, 1.54) is 18.5 Å². The molecule has 1 heterocycles. The molecule has 2 aromatic carbocycles. The summed E-state index contributed by atoms with van der Waals surface area (Å²) in [6.45, 7) is 0.525. The lowest BCUT2D eigenvalue weighted by molar-refractivity contribution is -0.383. The van der Waals surface area contributed by atoms with Crippen LogP contribution in [-0.2, 0) is 13.1 Å². The summed E-state index contributed by atoms with van der Waals surface area (Å²) >= 11 is 6.11. The molecule has 7 nitrogen and oxygen atoms in total. The number of nitro groups is 1. The summed E-state index contributed by atoms with van der Waals surface area (Å²) in [4.78, 5) is 18.9. The lowest BCUT2D eigenvalue weighted by atomic mass is 10.2. The first-order chi connectivity index (χ1) is 13.0. The second-order valence-corrected chi connectivity index (χ2v) is 6.01. The Bertz CT molecular complexity index is 953. The molecule has 0 bridgehead atoms. The average molecular weight is 388 g/mol. The molecular formula is C18H15ClFN5O2. The van der Waals surface area contributed by atoms with Crippen molar-refractivity contribution in [2.24, 2.45) is 0 Å². The topological polar surface area (TPSA) is 93.0 Å². The van der Waals surface area contributed by atoms with E-state index < -0.39 is 4.92 Å². The molecule has 9 heteroatoms. The van der Waals surface area contributed by atoms with Gasteiger partial charge < -0.3 is 10.6 Å². The van der Waals surface area contributed by atoms with Crippen molar-refractivity contribution < 1.29 is 9.31 Å². The Balaban J connectivity index is 1.78. The van der Waals surface area contributed by atoms with E-state index in [9.17, 15) is 14.5 Å². The Morgan fingerprint density at radius 3 is 2.26 bits per heavy atom. The van der Waals surface area contributed by atoms with E-state index >= 15 is 0 Å². The quantitative estimate of drug-likeness (QED) is 0.461. The summed E-state index contributed by atoms with van der Waals surface area (Å²) in [7, 11) is 0. The van der Waals surface area contributed by atoms with Crippen LogP contribution in [0.2, 0.25) is 5.02 Å². The Morgan fingerprint density at radius 1 is 1.00 bits per heavy atom. The third-order valence-corrected chi connectivity index (χ3v) is 4.15. The van der Waals surface area contributed by atoms with Gasteiger partial charge in [-0.2, -0.15) is 0 Å². The molecule has 0 aliphatic heterocycles. The van der Waals surface area contributed by atoms with Gasteiger partial charge in [0.05, 0.1) is 4.92 Å². The van der Waals surface area contributed by atoms with Crippen LogP contribution in [0, 0.1) is 15.9 Å². The number of nitrogens with one attached hydrogen (secondary N) is 2. The molecule has 3 aromatic rings. The normalized spacial score (nSPS) is 10.4. The van der Waals surface area contributed by atoms with Gasteiger partial charge in [0.25, 0.3) is 0 Å². The molecule has 3 rings (SSSR count). The molecule has 0 unspecified atom stereocenters. The number of aromatic nitrogens is 2. The predicted molar refractivity (Wildman–Crippen MR) is 101 cm³/mol. The summed E-state index contributed by atoms with van der Waals surface area (Å²) in [5.41, 5.74) is 1.27. The maximum Gasteiger partial charge on any atom is 0.353 e. The van der Waals surface area contributed by atoms with E-state index in [-0.39, 0.29) is 36.2 Å². The lowest BCUT2D eigenvalue weighted by Crippen LogP contribution is -2.10. The number of nitrogens with zero attached hydrogens (tertiary/aromatic N) is 3. The highest BCUT2D eigenvalue weighted by Gasteiger charge is 2.22. The van der Waals surface area contributed by atoms with Crippen molar-refractivity contribution in [3.63, 3.8) is 0 Å². The van der Waals surface area contributed by atoms with Crippen molar-refractivity contribution in [1.82, 2.24) is 9.97 Å². The Morgan fingerprint density at radius 2 is 1.63 bits per heavy atom. The smallest absolute Gasteiger partial charge is 0.353 e. The minimum absolute atomic E-state index is 0.0704. The van der Waals surface area contributed by atoms with Gasteiger partial charge in [-0.3, -0.25) is 10.1 Å². The van der Waals surface area contributed by atoms with E-state index in [2.05, 4.69) is 20.6 Å². The molecule has 0 spiro atoms. The van der Waals surface area contributed by atoms with Crippen molar-refractivity contribution in [2.75, 3.05) is 10.6 Å². The Labute approximate surface area is 159 Å². The van der Waals surface area contributed by atoms with Crippen molar-refractivity contribution in [3.05, 3.63) is 86.9 Å². The zero-order chi connectivity index (χ0) is 19.2. The summed E-state index contributed by atoms with van der Waals surface area (Å²) in [5, 5.41) is 17.9. The molecule has 0 saturated heterocycles. The number of hydrogen-bond acceptors (Lipinski definition) is 6. The summed E-state index contributed by atoms with van der Waals surface area (Å²) in [6.07, 6.45) is 1.23. The van der Waals surface area contributed by atoms with Crippen LogP contribution < -0.4 is 10.6 Å². The summed E-state index contributed by atoms with van der Waals surface area (Å²) in [5.74, 6) is -0.199. The van der Waals surface area contributed by atoms with Gasteiger partial charge >= 0.3 is 5.69 Å². The zero-order valence-corrected chi connectivity index (χ0v) is 14.8. The minimum Gasteiger partial charge on any atom is -0.360 e. The summed E-state index contributed by atoms with van der Waals surface area (Å²) in [6, 6.07) is 13.0. The molecule has 27 heavy (non-hydrogen) atoms. The van der Waals surface area contributed by atoms with Crippen LogP contribution in [0.5, 0.6) is 0 Å². The first-order valence-corrected chi connectivity index (χ1v) is 8.37. The average Bonchev–Trinajstić information content (AvgIpc) is 2.66. The van der Waals surface area contributed by atoms with Gasteiger partial charge in [-0.1, -0.05) is 41.9 Å². The molecule has 0 radical (unpaired) electrons. The fourth-order valence-corrected chi connectivity index (χ4v) is 2.62. The maximum absolute atomic E-state index is 13.0. The van der Waals surface area contributed by atoms with Crippen molar-refractivity contribution in [2.45, 2.75) is 13.1 Å². The monoisotopic (exact) mass is 387 g/mol. The first kappa shape index (κ1) is 18.5. The molecule has 138 valence electrons. The Kier molecular flexibility index (Phi) is 5.77. The van der Waals surface area contributed by atoms with Gasteiger partial charge in [0.15, 0.2) is 0 Å². The van der Waals surface area contributed by atoms with E-state index in [0.29, 0.717) is 5.02 Å². The minimum atomic E-state index is -0.554. The summed E-state index contributed by atoms with van der Waals surface area (Å²) < 4.78 is 13.0. The zero-order valence-electron chi connectivity index (χ0n) is 14.0. The third-order valence-electron chi connectivity index (χ3n) is 3.78. The molecule has 0 amide bonds. The van der Waals surface area contributed by atoms with Crippen LogP contribution >= 0.6 is 11.6 Å². The van der Waals surface area contributed by atoms with Gasteiger partial charge in [0.2, 0.25) is 11.6 Å². The van der Waals surface area contributed by atoms with Crippen LogP contribution in [-0.4, -0.2) is 14.9 Å².